The number of aliphatic carboxylic acids is 1. The van der Waals surface area contributed by atoms with Crippen molar-refractivity contribution in [2.45, 2.75) is 12.7 Å². The molecule has 0 heterocycles. The Hall–Kier alpha value is -0.940. The van der Waals surface area contributed by atoms with Gasteiger partial charge >= 0.3 is 5.97 Å². The van der Waals surface area contributed by atoms with Crippen LogP contribution in [0.1, 0.15) is 12.5 Å². The fraction of sp³-hybridized carbons (Fsp3) is 0.364. The maximum absolute atomic E-state index is 12.9. The smallest absolute Gasteiger partial charge is 0.307 e. The largest absolute Gasteiger partial charge is 0.481 e. The second-order valence-electron chi connectivity index (χ2n) is 3.73. The first-order chi connectivity index (χ1) is 7.90. The van der Waals surface area contributed by atoms with Crippen molar-refractivity contribution >= 4 is 28.4 Å². The van der Waals surface area contributed by atoms with Crippen LogP contribution < -0.4 is 0 Å². The van der Waals surface area contributed by atoms with Gasteiger partial charge in [0.1, 0.15) is 5.82 Å². The summed E-state index contributed by atoms with van der Waals surface area (Å²) in [6, 6.07) is 3.82. The van der Waals surface area contributed by atoms with Crippen LogP contribution in [0, 0.1) is 11.7 Å². The molecule has 1 aromatic carbocycles. The summed E-state index contributed by atoms with van der Waals surface area (Å²) >= 11 is 5.82. The zero-order chi connectivity index (χ0) is 13.0. The van der Waals surface area contributed by atoms with Crippen LogP contribution in [0.15, 0.2) is 18.2 Å². The van der Waals surface area contributed by atoms with Crippen molar-refractivity contribution in [3.05, 3.63) is 34.6 Å². The van der Waals surface area contributed by atoms with Gasteiger partial charge in [-0.3, -0.25) is 9.00 Å². The van der Waals surface area contributed by atoms with E-state index in [-0.39, 0.29) is 11.5 Å². The molecule has 0 bridgehead atoms. The topological polar surface area (TPSA) is 54.4 Å². The second kappa shape index (κ2) is 6.12. The Morgan fingerprint density at radius 2 is 2.24 bits per heavy atom. The lowest BCUT2D eigenvalue weighted by Gasteiger charge is -2.07. The molecule has 0 amide bonds. The van der Waals surface area contributed by atoms with Crippen molar-refractivity contribution in [2.24, 2.45) is 5.92 Å². The molecular formula is C11H12ClFO3S. The minimum absolute atomic E-state index is 0.0299. The van der Waals surface area contributed by atoms with E-state index in [2.05, 4.69) is 0 Å². The number of hydrogen-bond donors (Lipinski definition) is 1. The van der Waals surface area contributed by atoms with Gasteiger partial charge in [-0.2, -0.15) is 0 Å². The number of carboxylic acids is 1. The second-order valence-corrected chi connectivity index (χ2v) is 5.63. The van der Waals surface area contributed by atoms with Gasteiger partial charge in [0.25, 0.3) is 0 Å². The maximum atomic E-state index is 12.9. The minimum Gasteiger partial charge on any atom is -0.481 e. The molecule has 0 aromatic heterocycles. The lowest BCUT2D eigenvalue weighted by Crippen LogP contribution is -2.18. The third-order valence-electron chi connectivity index (χ3n) is 2.18. The van der Waals surface area contributed by atoms with Gasteiger partial charge in [0.05, 0.1) is 11.7 Å². The highest BCUT2D eigenvalue weighted by Crippen LogP contribution is 2.19. The monoisotopic (exact) mass is 278 g/mol. The molecule has 94 valence electrons. The van der Waals surface area contributed by atoms with E-state index in [4.69, 9.17) is 16.7 Å². The van der Waals surface area contributed by atoms with Gasteiger partial charge in [-0.25, -0.2) is 4.39 Å². The number of carbonyl (C=O) groups is 1. The Balaban J connectivity index is 2.68. The van der Waals surface area contributed by atoms with Crippen molar-refractivity contribution in [3.63, 3.8) is 0 Å². The number of benzene rings is 1. The Morgan fingerprint density at radius 3 is 2.82 bits per heavy atom. The van der Waals surface area contributed by atoms with Crippen molar-refractivity contribution in [1.29, 1.82) is 0 Å². The Bertz CT molecular complexity index is 450. The first kappa shape index (κ1) is 14.1. The van der Waals surface area contributed by atoms with E-state index in [9.17, 15) is 13.4 Å². The minimum atomic E-state index is -1.37. The number of carboxylic acid groups (broad SMARTS) is 1. The molecule has 1 rings (SSSR count). The zero-order valence-electron chi connectivity index (χ0n) is 9.15. The summed E-state index contributed by atoms with van der Waals surface area (Å²) in [6.07, 6.45) is 0. The molecule has 0 aliphatic carbocycles. The molecule has 1 N–H and O–H groups in total. The van der Waals surface area contributed by atoms with Gasteiger partial charge in [0, 0.05) is 21.6 Å². The van der Waals surface area contributed by atoms with E-state index in [1.54, 1.807) is 0 Å². The number of hydrogen-bond acceptors (Lipinski definition) is 2. The van der Waals surface area contributed by atoms with Gasteiger partial charge in [-0.1, -0.05) is 18.5 Å². The fourth-order valence-corrected chi connectivity index (χ4v) is 2.90. The molecule has 0 aliphatic rings. The first-order valence-corrected chi connectivity index (χ1v) is 6.78. The van der Waals surface area contributed by atoms with Crippen molar-refractivity contribution in [1.82, 2.24) is 0 Å². The third-order valence-corrected chi connectivity index (χ3v) is 4.06. The van der Waals surface area contributed by atoms with Gasteiger partial charge in [0.2, 0.25) is 0 Å². The average Bonchev–Trinajstić information content (AvgIpc) is 2.23. The average molecular weight is 279 g/mol. The zero-order valence-corrected chi connectivity index (χ0v) is 10.7. The molecule has 0 saturated carbocycles. The van der Waals surface area contributed by atoms with Crippen molar-refractivity contribution < 1.29 is 18.5 Å². The van der Waals surface area contributed by atoms with Crippen molar-refractivity contribution in [2.75, 3.05) is 5.75 Å². The summed E-state index contributed by atoms with van der Waals surface area (Å²) in [5.41, 5.74) is 0.433. The van der Waals surface area contributed by atoms with Gasteiger partial charge in [-0.05, 0) is 23.8 Å². The predicted molar refractivity (Wildman–Crippen MR) is 64.9 cm³/mol. The molecule has 0 spiro atoms. The van der Waals surface area contributed by atoms with E-state index in [0.29, 0.717) is 10.6 Å². The lowest BCUT2D eigenvalue weighted by molar-refractivity contribution is -0.140. The molecule has 3 nitrogen and oxygen atoms in total. The lowest BCUT2D eigenvalue weighted by atomic mass is 10.2. The van der Waals surface area contributed by atoms with E-state index in [0.717, 1.165) is 0 Å². The van der Waals surface area contributed by atoms with Crippen LogP contribution in [-0.4, -0.2) is 21.0 Å². The Kier molecular flexibility index (Phi) is 5.08. The van der Waals surface area contributed by atoms with Crippen LogP contribution in [-0.2, 0) is 21.3 Å². The van der Waals surface area contributed by atoms with E-state index in [1.807, 2.05) is 0 Å². The Labute approximate surface area is 106 Å². The van der Waals surface area contributed by atoms with Crippen LogP contribution in [0.25, 0.3) is 0 Å². The predicted octanol–water partition coefficient (Wildman–Crippen LogP) is 2.45. The summed E-state index contributed by atoms with van der Waals surface area (Å²) in [6.45, 7) is 1.48. The molecule has 0 saturated heterocycles. The van der Waals surface area contributed by atoms with Gasteiger partial charge in [0.15, 0.2) is 0 Å². The van der Waals surface area contributed by atoms with E-state index in [1.165, 1.54) is 25.1 Å². The van der Waals surface area contributed by atoms with Gasteiger partial charge in [-0.15, -0.1) is 0 Å². The molecular weight excluding hydrogens is 267 g/mol. The molecule has 6 heteroatoms. The van der Waals surface area contributed by atoms with E-state index < -0.39 is 28.5 Å². The first-order valence-electron chi connectivity index (χ1n) is 4.92. The summed E-state index contributed by atoms with van der Waals surface area (Å²) in [7, 11) is -1.37. The van der Waals surface area contributed by atoms with Crippen molar-refractivity contribution in [3.8, 4) is 0 Å². The highest BCUT2D eigenvalue weighted by atomic mass is 35.5. The molecule has 0 aliphatic heterocycles. The normalized spacial score (nSPS) is 14.3. The third kappa shape index (κ3) is 4.44. The summed E-state index contributed by atoms with van der Waals surface area (Å²) in [5.74, 6) is -2.05. The summed E-state index contributed by atoms with van der Waals surface area (Å²) in [4.78, 5) is 10.6. The van der Waals surface area contributed by atoms with Crippen LogP contribution >= 0.6 is 11.6 Å². The van der Waals surface area contributed by atoms with Crippen LogP contribution in [0.4, 0.5) is 4.39 Å². The molecule has 2 atom stereocenters. The highest BCUT2D eigenvalue weighted by molar-refractivity contribution is 7.84. The Morgan fingerprint density at radius 1 is 1.59 bits per heavy atom. The molecule has 0 radical (unpaired) electrons. The van der Waals surface area contributed by atoms with Crippen LogP contribution in [0.3, 0.4) is 0 Å². The molecule has 0 fully saturated rings. The van der Waals surface area contributed by atoms with E-state index >= 15 is 0 Å². The standard InChI is InChI=1S/C11H12ClFO3S/c1-7(11(14)15)5-17(16)6-8-4-9(13)2-3-10(8)12/h2-4,7H,5-6H2,1H3,(H,14,15). The quantitative estimate of drug-likeness (QED) is 0.900. The molecule has 1 aromatic rings. The number of halogens is 2. The van der Waals surface area contributed by atoms with Gasteiger partial charge < -0.3 is 5.11 Å². The summed E-state index contributed by atoms with van der Waals surface area (Å²) in [5, 5.41) is 9.01. The highest BCUT2D eigenvalue weighted by Gasteiger charge is 2.16. The fourth-order valence-electron chi connectivity index (χ4n) is 1.24. The summed E-state index contributed by atoms with van der Waals surface area (Å²) < 4.78 is 24.6. The molecule has 17 heavy (non-hydrogen) atoms. The maximum Gasteiger partial charge on any atom is 0.307 e. The molecule has 2 unspecified atom stereocenters. The van der Waals surface area contributed by atoms with Crippen LogP contribution in [0.2, 0.25) is 5.02 Å². The van der Waals surface area contributed by atoms with Crippen LogP contribution in [0.5, 0.6) is 0 Å². The number of rotatable bonds is 5. The SMILES string of the molecule is CC(CS(=O)Cc1cc(F)ccc1Cl)C(=O)O.